The molecule has 196 valence electrons. The molecular weight excluding hydrogens is 504 g/mol. The number of hydrogen-bond donors (Lipinski definition) is 1. The van der Waals surface area contributed by atoms with Crippen LogP contribution in [0.3, 0.4) is 0 Å². The minimum Gasteiger partial charge on any atom is -0.490 e. The summed E-state index contributed by atoms with van der Waals surface area (Å²) in [5.41, 5.74) is 4.51. The van der Waals surface area contributed by atoms with E-state index in [4.69, 9.17) is 25.8 Å². The summed E-state index contributed by atoms with van der Waals surface area (Å²) in [6.07, 6.45) is 1.42. The van der Waals surface area contributed by atoms with Gasteiger partial charge in [0.25, 0.3) is 5.91 Å². The second kappa shape index (κ2) is 13.3. The largest absolute Gasteiger partial charge is 0.490 e. The quantitative estimate of drug-likeness (QED) is 0.178. The summed E-state index contributed by atoms with van der Waals surface area (Å²) in [7, 11) is 0. The molecular formula is C30H29ClN2O5. The normalized spacial score (nSPS) is 10.9. The smallest absolute Gasteiger partial charge is 0.338 e. The second-order valence-electron chi connectivity index (χ2n) is 8.39. The number of nitrogens with one attached hydrogen (secondary N) is 1. The van der Waals surface area contributed by atoms with Gasteiger partial charge in [-0.2, -0.15) is 5.26 Å². The van der Waals surface area contributed by atoms with Gasteiger partial charge in [-0.3, -0.25) is 4.79 Å². The number of halogens is 1. The van der Waals surface area contributed by atoms with Gasteiger partial charge in [0.2, 0.25) is 0 Å². The maximum absolute atomic E-state index is 12.8. The van der Waals surface area contributed by atoms with Crippen LogP contribution in [0.2, 0.25) is 5.02 Å². The summed E-state index contributed by atoms with van der Waals surface area (Å²) in [5.74, 6) is -0.275. The maximum Gasteiger partial charge on any atom is 0.338 e. The third-order valence-electron chi connectivity index (χ3n) is 5.62. The molecule has 8 heteroatoms. The molecule has 0 aromatic heterocycles. The van der Waals surface area contributed by atoms with Gasteiger partial charge in [0.15, 0.2) is 11.5 Å². The lowest BCUT2D eigenvalue weighted by molar-refractivity contribution is -0.112. The lowest BCUT2D eigenvalue weighted by Gasteiger charge is -2.15. The van der Waals surface area contributed by atoms with E-state index >= 15 is 0 Å². The molecule has 1 N–H and O–H groups in total. The van der Waals surface area contributed by atoms with Gasteiger partial charge in [0, 0.05) is 5.69 Å². The van der Waals surface area contributed by atoms with Crippen molar-refractivity contribution in [2.45, 2.75) is 34.3 Å². The fourth-order valence-corrected chi connectivity index (χ4v) is 3.81. The highest BCUT2D eigenvalue weighted by Gasteiger charge is 2.16. The fraction of sp³-hybridized carbons (Fsp3) is 0.233. The van der Waals surface area contributed by atoms with Crippen LogP contribution in [0.1, 0.15) is 46.5 Å². The van der Waals surface area contributed by atoms with Crippen molar-refractivity contribution >= 4 is 35.2 Å². The van der Waals surface area contributed by atoms with Crippen LogP contribution in [-0.2, 0) is 16.1 Å². The summed E-state index contributed by atoms with van der Waals surface area (Å²) >= 11 is 6.54. The molecule has 0 radical (unpaired) electrons. The Morgan fingerprint density at radius 2 is 1.71 bits per heavy atom. The van der Waals surface area contributed by atoms with Crippen molar-refractivity contribution in [1.29, 1.82) is 5.26 Å². The zero-order valence-corrected chi connectivity index (χ0v) is 22.5. The topological polar surface area (TPSA) is 97.7 Å². The summed E-state index contributed by atoms with van der Waals surface area (Å²) < 4.78 is 16.7. The first kappa shape index (κ1) is 28.3. The Labute approximate surface area is 227 Å². The molecule has 0 unspecified atom stereocenters. The molecule has 0 heterocycles. The molecule has 3 rings (SSSR count). The number of nitriles is 1. The van der Waals surface area contributed by atoms with E-state index in [9.17, 15) is 14.9 Å². The van der Waals surface area contributed by atoms with E-state index in [1.807, 2.05) is 39.0 Å². The SMILES string of the molecule is CCOC(=O)c1ccc(NC(=O)/C(C#N)=C/c2cc(Cl)c(OCc3ccc(C)c(C)c3)c(OCC)c2)cc1. The van der Waals surface area contributed by atoms with Gasteiger partial charge in [-0.1, -0.05) is 29.8 Å². The molecule has 0 aliphatic heterocycles. The van der Waals surface area contributed by atoms with Crippen LogP contribution >= 0.6 is 11.6 Å². The summed E-state index contributed by atoms with van der Waals surface area (Å²) in [5, 5.41) is 12.6. The number of carbonyl (C=O) groups excluding carboxylic acids is 2. The first-order valence-electron chi connectivity index (χ1n) is 12.1. The summed E-state index contributed by atoms with van der Waals surface area (Å²) in [6.45, 7) is 8.59. The minimum absolute atomic E-state index is 0.137. The van der Waals surface area contributed by atoms with Gasteiger partial charge in [0.1, 0.15) is 18.2 Å². The zero-order chi connectivity index (χ0) is 27.7. The molecule has 0 saturated heterocycles. The molecule has 3 aromatic carbocycles. The first-order valence-corrected chi connectivity index (χ1v) is 12.5. The van der Waals surface area contributed by atoms with E-state index in [1.165, 1.54) is 29.3 Å². The van der Waals surface area contributed by atoms with Crippen molar-refractivity contribution in [3.8, 4) is 17.6 Å². The number of esters is 1. The average Bonchev–Trinajstić information content (AvgIpc) is 2.89. The number of anilines is 1. The van der Waals surface area contributed by atoms with Crippen LogP contribution in [-0.4, -0.2) is 25.1 Å². The lowest BCUT2D eigenvalue weighted by atomic mass is 10.1. The first-order chi connectivity index (χ1) is 18.2. The van der Waals surface area contributed by atoms with Crippen molar-refractivity contribution in [1.82, 2.24) is 0 Å². The second-order valence-corrected chi connectivity index (χ2v) is 8.80. The van der Waals surface area contributed by atoms with Gasteiger partial charge >= 0.3 is 5.97 Å². The van der Waals surface area contributed by atoms with Gasteiger partial charge in [-0.15, -0.1) is 0 Å². The molecule has 0 saturated carbocycles. The summed E-state index contributed by atoms with van der Waals surface area (Å²) in [4.78, 5) is 24.6. The molecule has 3 aromatic rings. The lowest BCUT2D eigenvalue weighted by Crippen LogP contribution is -2.13. The van der Waals surface area contributed by atoms with Gasteiger partial charge < -0.3 is 19.5 Å². The zero-order valence-electron chi connectivity index (χ0n) is 21.8. The number of hydrogen-bond acceptors (Lipinski definition) is 6. The third kappa shape index (κ3) is 7.37. The number of aryl methyl sites for hydroxylation is 2. The van der Waals surface area contributed by atoms with Crippen molar-refractivity contribution in [2.75, 3.05) is 18.5 Å². The number of benzene rings is 3. The van der Waals surface area contributed by atoms with E-state index in [2.05, 4.69) is 11.4 Å². The molecule has 0 atom stereocenters. The fourth-order valence-electron chi connectivity index (χ4n) is 3.54. The van der Waals surface area contributed by atoms with E-state index in [0.717, 1.165) is 5.56 Å². The predicted octanol–water partition coefficient (Wildman–Crippen LogP) is 6.66. The Kier molecular flexibility index (Phi) is 9.92. The number of rotatable bonds is 10. The Morgan fingerprint density at radius 1 is 0.974 bits per heavy atom. The minimum atomic E-state index is -0.611. The van der Waals surface area contributed by atoms with Crippen molar-refractivity contribution in [3.05, 3.63) is 93.0 Å². The van der Waals surface area contributed by atoms with Crippen LogP contribution in [0.4, 0.5) is 5.69 Å². The van der Waals surface area contributed by atoms with Crippen LogP contribution in [0.15, 0.2) is 60.2 Å². The Hall–Kier alpha value is -4.28. The average molecular weight is 533 g/mol. The van der Waals surface area contributed by atoms with Crippen LogP contribution in [0, 0.1) is 25.2 Å². The van der Waals surface area contributed by atoms with Gasteiger partial charge in [0.05, 0.1) is 23.8 Å². The molecule has 0 aliphatic carbocycles. The van der Waals surface area contributed by atoms with Crippen molar-refractivity contribution in [2.24, 2.45) is 0 Å². The predicted molar refractivity (Wildman–Crippen MR) is 147 cm³/mol. The Balaban J connectivity index is 1.79. The van der Waals surface area contributed by atoms with Crippen molar-refractivity contribution in [3.63, 3.8) is 0 Å². The van der Waals surface area contributed by atoms with E-state index < -0.39 is 11.9 Å². The van der Waals surface area contributed by atoms with E-state index in [-0.39, 0.29) is 12.2 Å². The molecule has 1 amide bonds. The molecule has 38 heavy (non-hydrogen) atoms. The highest BCUT2D eigenvalue weighted by molar-refractivity contribution is 6.32. The maximum atomic E-state index is 12.8. The van der Waals surface area contributed by atoms with E-state index in [0.29, 0.717) is 46.5 Å². The van der Waals surface area contributed by atoms with Crippen LogP contribution in [0.5, 0.6) is 11.5 Å². The van der Waals surface area contributed by atoms with Crippen LogP contribution < -0.4 is 14.8 Å². The van der Waals surface area contributed by atoms with E-state index in [1.54, 1.807) is 31.2 Å². The number of nitrogens with zero attached hydrogens (tertiary/aromatic N) is 1. The molecule has 0 spiro atoms. The monoisotopic (exact) mass is 532 g/mol. The highest BCUT2D eigenvalue weighted by Crippen LogP contribution is 2.38. The summed E-state index contributed by atoms with van der Waals surface area (Å²) in [6, 6.07) is 17.5. The molecule has 0 bridgehead atoms. The molecule has 7 nitrogen and oxygen atoms in total. The highest BCUT2D eigenvalue weighted by atomic mass is 35.5. The van der Waals surface area contributed by atoms with Crippen LogP contribution in [0.25, 0.3) is 6.08 Å². The molecule has 0 fully saturated rings. The standard InChI is InChI=1S/C30H29ClN2O5/c1-5-36-27-16-22(15-26(31)28(27)38-18-21-8-7-19(3)20(4)13-21)14-24(17-32)29(34)33-25-11-9-23(10-12-25)30(35)37-6-2/h7-16H,5-6,18H2,1-4H3,(H,33,34)/b24-14+. The van der Waals surface area contributed by atoms with Gasteiger partial charge in [-0.25, -0.2) is 4.79 Å². The Morgan fingerprint density at radius 3 is 2.34 bits per heavy atom. The third-order valence-corrected chi connectivity index (χ3v) is 5.90. The van der Waals surface area contributed by atoms with Gasteiger partial charge in [-0.05, 0) is 92.4 Å². The molecule has 0 aliphatic rings. The number of ether oxygens (including phenoxy) is 3. The van der Waals surface area contributed by atoms with Crippen molar-refractivity contribution < 1.29 is 23.8 Å². The Bertz CT molecular complexity index is 1390. The number of carbonyl (C=O) groups is 2. The number of amides is 1.